The summed E-state index contributed by atoms with van der Waals surface area (Å²) in [6, 6.07) is 10.1. The van der Waals surface area contributed by atoms with E-state index in [-0.39, 0.29) is 16.2 Å². The lowest BCUT2D eigenvalue weighted by Crippen LogP contribution is -2.33. The summed E-state index contributed by atoms with van der Waals surface area (Å²) in [5.74, 6) is -0.0357. The van der Waals surface area contributed by atoms with E-state index in [0.717, 1.165) is 16.7 Å². The number of rotatable bonds is 8. The number of non-ortho nitro benzene ring substituents is 1. The van der Waals surface area contributed by atoms with Crippen molar-refractivity contribution in [3.63, 3.8) is 0 Å². The SMILES string of the molecule is CCOc1ccc(/C=C2/SC(=O)N(CC(=O)c3ccc([N+](=O)[O-])cc3)C2=O)cc1OC. The number of imide groups is 1. The number of ketones is 1. The smallest absolute Gasteiger partial charge is 0.293 e. The lowest BCUT2D eigenvalue weighted by Gasteiger charge is -2.11. The highest BCUT2D eigenvalue weighted by Gasteiger charge is 2.36. The van der Waals surface area contributed by atoms with Crippen LogP contribution in [0.1, 0.15) is 22.8 Å². The topological polar surface area (TPSA) is 116 Å². The summed E-state index contributed by atoms with van der Waals surface area (Å²) in [7, 11) is 1.50. The van der Waals surface area contributed by atoms with Crippen LogP contribution in [0.5, 0.6) is 11.5 Å². The molecule has 160 valence electrons. The van der Waals surface area contributed by atoms with Gasteiger partial charge in [-0.3, -0.25) is 29.4 Å². The predicted molar refractivity (Wildman–Crippen MR) is 114 cm³/mol. The number of benzene rings is 2. The number of thioether (sulfide) groups is 1. The van der Waals surface area contributed by atoms with Gasteiger partial charge >= 0.3 is 0 Å². The average molecular weight is 442 g/mol. The summed E-state index contributed by atoms with van der Waals surface area (Å²) >= 11 is 0.733. The number of ether oxygens (including phenoxy) is 2. The van der Waals surface area contributed by atoms with E-state index in [2.05, 4.69) is 0 Å². The van der Waals surface area contributed by atoms with Crippen LogP contribution in [0.2, 0.25) is 0 Å². The molecular formula is C21H18N2O7S. The van der Waals surface area contributed by atoms with Crippen LogP contribution in [-0.4, -0.2) is 47.0 Å². The molecule has 1 saturated heterocycles. The lowest BCUT2D eigenvalue weighted by atomic mass is 10.1. The minimum absolute atomic E-state index is 0.156. The van der Waals surface area contributed by atoms with Crippen LogP contribution >= 0.6 is 11.8 Å². The van der Waals surface area contributed by atoms with Gasteiger partial charge in [0.2, 0.25) is 0 Å². The van der Waals surface area contributed by atoms with Crippen molar-refractivity contribution in [2.75, 3.05) is 20.3 Å². The number of methoxy groups -OCH3 is 1. The second-order valence-electron chi connectivity index (χ2n) is 6.34. The fourth-order valence-corrected chi connectivity index (χ4v) is 3.68. The molecule has 0 bridgehead atoms. The molecule has 9 nitrogen and oxygen atoms in total. The maximum atomic E-state index is 12.7. The van der Waals surface area contributed by atoms with E-state index in [9.17, 15) is 24.5 Å². The van der Waals surface area contributed by atoms with E-state index in [4.69, 9.17) is 9.47 Å². The first-order valence-electron chi connectivity index (χ1n) is 9.18. The highest BCUT2D eigenvalue weighted by molar-refractivity contribution is 8.18. The Morgan fingerprint density at radius 3 is 2.48 bits per heavy atom. The Balaban J connectivity index is 1.76. The number of nitrogens with zero attached hydrogens (tertiary/aromatic N) is 2. The molecule has 1 aliphatic rings. The monoisotopic (exact) mass is 442 g/mol. The van der Waals surface area contributed by atoms with Gasteiger partial charge in [-0.1, -0.05) is 6.07 Å². The van der Waals surface area contributed by atoms with Gasteiger partial charge in [-0.2, -0.15) is 0 Å². The number of carbonyl (C=O) groups is 3. The molecule has 10 heteroatoms. The van der Waals surface area contributed by atoms with E-state index in [1.54, 1.807) is 24.3 Å². The molecule has 31 heavy (non-hydrogen) atoms. The van der Waals surface area contributed by atoms with Crippen LogP contribution in [-0.2, 0) is 4.79 Å². The fourth-order valence-electron chi connectivity index (χ4n) is 2.84. The fraction of sp³-hybridized carbons (Fsp3) is 0.190. The summed E-state index contributed by atoms with van der Waals surface area (Å²) < 4.78 is 10.7. The molecule has 1 fully saturated rings. The van der Waals surface area contributed by atoms with Gasteiger partial charge in [0.25, 0.3) is 16.8 Å². The van der Waals surface area contributed by atoms with E-state index < -0.39 is 28.4 Å². The number of carbonyl (C=O) groups excluding carboxylic acids is 3. The lowest BCUT2D eigenvalue weighted by molar-refractivity contribution is -0.384. The van der Waals surface area contributed by atoms with Crippen molar-refractivity contribution >= 4 is 40.5 Å². The molecule has 0 spiro atoms. The molecule has 1 aliphatic heterocycles. The average Bonchev–Trinajstić information content (AvgIpc) is 3.02. The Morgan fingerprint density at radius 1 is 1.16 bits per heavy atom. The summed E-state index contributed by atoms with van der Waals surface area (Å²) in [6.07, 6.45) is 1.54. The third kappa shape index (κ3) is 4.92. The zero-order valence-corrected chi connectivity index (χ0v) is 17.5. The Labute approximate surface area is 181 Å². The van der Waals surface area contributed by atoms with Gasteiger partial charge in [-0.25, -0.2) is 0 Å². The van der Waals surface area contributed by atoms with Gasteiger partial charge in [-0.15, -0.1) is 0 Å². The number of hydrogen-bond donors (Lipinski definition) is 0. The molecule has 0 N–H and O–H groups in total. The normalized spacial score (nSPS) is 14.8. The van der Waals surface area contributed by atoms with Crippen LogP contribution < -0.4 is 9.47 Å². The predicted octanol–water partition coefficient (Wildman–Crippen LogP) is 3.92. The number of hydrogen-bond acceptors (Lipinski definition) is 8. The molecule has 2 aromatic rings. The van der Waals surface area contributed by atoms with Gasteiger partial charge in [-0.05, 0) is 54.6 Å². The Bertz CT molecular complexity index is 1080. The summed E-state index contributed by atoms with van der Waals surface area (Å²) in [6.45, 7) is 1.87. The molecule has 2 amide bonds. The first-order chi connectivity index (χ1) is 14.8. The summed E-state index contributed by atoms with van der Waals surface area (Å²) in [4.78, 5) is 48.6. The molecule has 0 atom stereocenters. The Hall–Kier alpha value is -3.66. The van der Waals surface area contributed by atoms with Crippen LogP contribution in [0, 0.1) is 10.1 Å². The van der Waals surface area contributed by atoms with Gasteiger partial charge in [0.05, 0.1) is 30.1 Å². The van der Waals surface area contributed by atoms with Crippen molar-refractivity contribution in [3.8, 4) is 11.5 Å². The highest BCUT2D eigenvalue weighted by Crippen LogP contribution is 2.34. The molecule has 3 rings (SSSR count). The molecule has 0 aromatic heterocycles. The quantitative estimate of drug-likeness (QED) is 0.261. The first-order valence-corrected chi connectivity index (χ1v) is 9.99. The third-order valence-electron chi connectivity index (χ3n) is 4.36. The highest BCUT2D eigenvalue weighted by atomic mass is 32.2. The largest absolute Gasteiger partial charge is 0.493 e. The number of Topliss-reactive ketones (excluding diaryl/α,β-unsaturated/α-hetero) is 1. The molecule has 0 aliphatic carbocycles. The van der Waals surface area contributed by atoms with E-state index in [1.165, 1.54) is 31.4 Å². The summed E-state index contributed by atoms with van der Waals surface area (Å²) in [5.41, 5.74) is 0.647. The van der Waals surface area contributed by atoms with E-state index >= 15 is 0 Å². The standard InChI is InChI=1S/C21H18N2O7S/c1-3-30-17-9-4-13(10-18(17)29-2)11-19-20(25)22(21(26)31-19)12-16(24)14-5-7-15(8-6-14)23(27)28/h4-11H,3,12H2,1-2H3/b19-11+. The van der Waals surface area contributed by atoms with Crippen LogP contribution in [0.3, 0.4) is 0 Å². The third-order valence-corrected chi connectivity index (χ3v) is 5.27. The van der Waals surface area contributed by atoms with Crippen molar-refractivity contribution in [3.05, 3.63) is 68.6 Å². The Morgan fingerprint density at radius 2 is 1.87 bits per heavy atom. The van der Waals surface area contributed by atoms with E-state index in [1.807, 2.05) is 6.92 Å². The minimum Gasteiger partial charge on any atom is -0.493 e. The zero-order chi connectivity index (χ0) is 22.5. The van der Waals surface area contributed by atoms with Gasteiger partial charge in [0.15, 0.2) is 17.3 Å². The molecule has 0 saturated carbocycles. The molecule has 0 radical (unpaired) electrons. The number of nitro groups is 1. The second kappa shape index (κ2) is 9.43. The summed E-state index contributed by atoms with van der Waals surface area (Å²) in [5, 5.41) is 10.2. The van der Waals surface area contributed by atoms with Crippen molar-refractivity contribution in [1.82, 2.24) is 4.90 Å². The van der Waals surface area contributed by atoms with Gasteiger partial charge in [0, 0.05) is 17.7 Å². The van der Waals surface area contributed by atoms with Crippen LogP contribution in [0.15, 0.2) is 47.4 Å². The van der Waals surface area contributed by atoms with Crippen molar-refractivity contribution in [2.24, 2.45) is 0 Å². The number of amides is 2. The Kier molecular flexibility index (Phi) is 6.71. The minimum atomic E-state index is -0.585. The zero-order valence-electron chi connectivity index (χ0n) is 16.7. The molecule has 2 aromatic carbocycles. The van der Waals surface area contributed by atoms with Gasteiger partial charge < -0.3 is 9.47 Å². The van der Waals surface area contributed by atoms with Crippen molar-refractivity contribution in [2.45, 2.75) is 6.92 Å². The maximum absolute atomic E-state index is 12.7. The van der Waals surface area contributed by atoms with Crippen molar-refractivity contribution < 1.29 is 28.8 Å². The molecule has 1 heterocycles. The molecular weight excluding hydrogens is 424 g/mol. The van der Waals surface area contributed by atoms with Crippen LogP contribution in [0.4, 0.5) is 10.5 Å². The van der Waals surface area contributed by atoms with E-state index in [0.29, 0.717) is 23.7 Å². The molecule has 0 unspecified atom stereocenters. The number of nitro benzene ring substituents is 1. The second-order valence-corrected chi connectivity index (χ2v) is 7.33. The first kappa shape index (κ1) is 22.0. The van der Waals surface area contributed by atoms with Crippen molar-refractivity contribution in [1.29, 1.82) is 0 Å². The van der Waals surface area contributed by atoms with Crippen LogP contribution in [0.25, 0.3) is 6.08 Å². The maximum Gasteiger partial charge on any atom is 0.293 e. The van der Waals surface area contributed by atoms with Gasteiger partial charge in [0.1, 0.15) is 0 Å².